The molecule has 0 radical (unpaired) electrons. The van der Waals surface area contributed by atoms with E-state index in [4.69, 9.17) is 0 Å². The number of aromatic amines is 1. The van der Waals surface area contributed by atoms with Crippen LogP contribution in [0.2, 0.25) is 0 Å². The van der Waals surface area contributed by atoms with Crippen molar-refractivity contribution in [3.63, 3.8) is 0 Å². The van der Waals surface area contributed by atoms with Crippen LogP contribution in [0.3, 0.4) is 0 Å². The summed E-state index contributed by atoms with van der Waals surface area (Å²) in [6.07, 6.45) is 4.48. The van der Waals surface area contributed by atoms with Crippen molar-refractivity contribution >= 4 is 17.3 Å². The van der Waals surface area contributed by atoms with E-state index in [1.54, 1.807) is 6.41 Å². The van der Waals surface area contributed by atoms with Crippen LogP contribution in [0, 0.1) is 0 Å². The summed E-state index contributed by atoms with van der Waals surface area (Å²) in [6.45, 7) is 0.630. The molecule has 15 heavy (non-hydrogen) atoms. The number of H-pyrrole nitrogens is 1. The Morgan fingerprint density at radius 1 is 1.33 bits per heavy atom. The number of hydrogen-bond acceptors (Lipinski definition) is 1. The van der Waals surface area contributed by atoms with Crippen LogP contribution in [0.4, 0.5) is 0 Å². The maximum Gasteiger partial charge on any atom is 0.0456 e. The number of nitrogens with one attached hydrogen (secondary N) is 2. The topological polar surface area (TPSA) is 44.9 Å². The van der Waals surface area contributed by atoms with E-state index < -0.39 is 0 Å². The van der Waals surface area contributed by atoms with Crippen LogP contribution in [-0.4, -0.2) is 17.9 Å². The second-order valence-corrected chi connectivity index (χ2v) is 3.14. The van der Waals surface area contributed by atoms with Crippen molar-refractivity contribution in [1.29, 1.82) is 0 Å². The molecule has 3 nitrogen and oxygen atoms in total. The first kappa shape index (κ1) is 12.0. The normalized spacial score (nSPS) is 9.60. The summed E-state index contributed by atoms with van der Waals surface area (Å²) in [4.78, 5) is 13.1. The van der Waals surface area contributed by atoms with Gasteiger partial charge in [0.05, 0.1) is 0 Å². The molecule has 0 aliphatic heterocycles. The Kier molecular flexibility index (Phi) is 4.57. The Morgan fingerprint density at radius 3 is 2.93 bits per heavy atom. The van der Waals surface area contributed by atoms with Gasteiger partial charge in [-0.3, -0.25) is 0 Å². The van der Waals surface area contributed by atoms with Crippen molar-refractivity contribution in [3.8, 4) is 0 Å². The molecule has 2 aromatic rings. The Hall–Kier alpha value is -1.08. The summed E-state index contributed by atoms with van der Waals surface area (Å²) >= 11 is 0. The van der Waals surface area contributed by atoms with E-state index in [2.05, 4.69) is 16.4 Å². The third kappa shape index (κ3) is 2.69. The quantitative estimate of drug-likeness (QED) is 0.476. The summed E-state index contributed by atoms with van der Waals surface area (Å²) in [7, 11) is 0. The first-order chi connectivity index (χ1) is 6.92. The molecule has 0 bridgehead atoms. The summed E-state index contributed by atoms with van der Waals surface area (Å²) in [5.41, 5.74) is 2.36. The van der Waals surface area contributed by atoms with Crippen molar-refractivity contribution < 1.29 is 25.9 Å². The van der Waals surface area contributed by atoms with Gasteiger partial charge < -0.3 is 15.1 Å². The van der Waals surface area contributed by atoms with E-state index in [0.717, 1.165) is 11.9 Å². The number of benzene rings is 1. The zero-order chi connectivity index (χ0) is 9.80. The van der Waals surface area contributed by atoms with Gasteiger partial charge in [-0.25, -0.2) is 0 Å². The molecule has 1 aromatic heterocycles. The van der Waals surface area contributed by atoms with E-state index in [-0.39, 0.29) is 21.1 Å². The fourth-order valence-electron chi connectivity index (χ4n) is 1.59. The molecule has 0 spiro atoms. The average Bonchev–Trinajstić information content (AvgIpc) is 2.63. The van der Waals surface area contributed by atoms with E-state index in [1.807, 2.05) is 24.4 Å². The molecular formula is C11H11N2OW-. The van der Waals surface area contributed by atoms with Crippen molar-refractivity contribution in [1.82, 2.24) is 10.3 Å². The molecule has 2 rings (SSSR count). The standard InChI is InChI=1S/C11H11N2O.W/c14-8-12-6-5-9-7-13-11-4-2-1-3-10(9)11;/h1-4,7,13H,5-6H2,(H,12,14);/q-1;. The first-order valence-electron chi connectivity index (χ1n) is 4.57. The molecule has 0 unspecified atom stereocenters. The van der Waals surface area contributed by atoms with E-state index >= 15 is 0 Å². The monoisotopic (exact) mass is 371 g/mol. The van der Waals surface area contributed by atoms with Crippen LogP contribution in [0.5, 0.6) is 0 Å². The SMILES string of the molecule is O=[C-]NCCc1c[nH]c2ccccc12.[W]. The minimum absolute atomic E-state index is 0. The van der Waals surface area contributed by atoms with Gasteiger partial charge in [-0.1, -0.05) is 18.2 Å². The van der Waals surface area contributed by atoms with Gasteiger partial charge in [0.25, 0.3) is 0 Å². The van der Waals surface area contributed by atoms with Gasteiger partial charge in [0.1, 0.15) is 0 Å². The van der Waals surface area contributed by atoms with Crippen LogP contribution in [0.25, 0.3) is 10.9 Å². The molecule has 0 aliphatic carbocycles. The van der Waals surface area contributed by atoms with Crippen LogP contribution in [0.15, 0.2) is 30.5 Å². The molecule has 0 fully saturated rings. The molecule has 0 aliphatic rings. The summed E-state index contributed by atoms with van der Waals surface area (Å²) in [5, 5.41) is 3.75. The van der Waals surface area contributed by atoms with Gasteiger partial charge in [-0.15, -0.1) is 0 Å². The number of fused-ring (bicyclic) bond motifs is 1. The van der Waals surface area contributed by atoms with Crippen molar-refractivity contribution in [2.24, 2.45) is 0 Å². The van der Waals surface area contributed by atoms with Crippen LogP contribution < -0.4 is 5.32 Å². The summed E-state index contributed by atoms with van der Waals surface area (Å²) in [6, 6.07) is 8.13. The second kappa shape index (κ2) is 5.72. The molecule has 0 saturated carbocycles. The van der Waals surface area contributed by atoms with Gasteiger partial charge in [0, 0.05) is 38.2 Å². The molecule has 4 heteroatoms. The minimum atomic E-state index is 0. The number of hydrogen-bond donors (Lipinski definition) is 2. The van der Waals surface area contributed by atoms with Crippen LogP contribution in [-0.2, 0) is 32.3 Å². The fraction of sp³-hybridized carbons (Fsp3) is 0.182. The maximum atomic E-state index is 9.95. The number of aromatic nitrogens is 1. The van der Waals surface area contributed by atoms with Crippen molar-refractivity contribution in [2.75, 3.05) is 6.54 Å². The fourth-order valence-corrected chi connectivity index (χ4v) is 1.59. The maximum absolute atomic E-state index is 9.95. The molecule has 78 valence electrons. The zero-order valence-corrected chi connectivity index (χ0v) is 11.1. The molecule has 1 heterocycles. The molecule has 1 aromatic carbocycles. The van der Waals surface area contributed by atoms with Gasteiger partial charge in [0.2, 0.25) is 0 Å². The second-order valence-electron chi connectivity index (χ2n) is 3.14. The zero-order valence-electron chi connectivity index (χ0n) is 8.12. The average molecular weight is 371 g/mol. The van der Waals surface area contributed by atoms with Crippen LogP contribution >= 0.6 is 0 Å². The largest absolute Gasteiger partial charge is 0.530 e. The third-order valence-electron chi connectivity index (χ3n) is 2.27. The number of carbonyl (C=O) groups excluding carboxylic acids is 1. The van der Waals surface area contributed by atoms with Gasteiger partial charge in [-0.2, -0.15) is 6.41 Å². The third-order valence-corrected chi connectivity index (χ3v) is 2.27. The number of rotatable bonds is 4. The molecule has 0 atom stereocenters. The molecule has 0 saturated heterocycles. The van der Waals surface area contributed by atoms with Crippen molar-refractivity contribution in [3.05, 3.63) is 36.0 Å². The minimum Gasteiger partial charge on any atom is -0.530 e. The Balaban J connectivity index is 0.00000112. The van der Waals surface area contributed by atoms with E-state index in [1.165, 1.54) is 10.9 Å². The Morgan fingerprint density at radius 2 is 2.13 bits per heavy atom. The molecule has 2 N–H and O–H groups in total. The van der Waals surface area contributed by atoms with E-state index in [0.29, 0.717) is 6.54 Å². The van der Waals surface area contributed by atoms with Crippen LogP contribution in [0.1, 0.15) is 5.56 Å². The van der Waals surface area contributed by atoms with Gasteiger partial charge >= 0.3 is 0 Å². The summed E-state index contributed by atoms with van der Waals surface area (Å²) in [5.74, 6) is 0. The van der Waals surface area contributed by atoms with Gasteiger partial charge in [-0.05, 0) is 24.6 Å². The number of para-hydroxylation sites is 1. The Labute approximate surface area is 103 Å². The van der Waals surface area contributed by atoms with Crippen molar-refractivity contribution in [2.45, 2.75) is 6.42 Å². The first-order valence-corrected chi connectivity index (χ1v) is 4.57. The molecular weight excluding hydrogens is 360 g/mol. The Bertz CT molecular complexity index is 439. The summed E-state index contributed by atoms with van der Waals surface area (Å²) < 4.78 is 0. The van der Waals surface area contributed by atoms with Gasteiger partial charge in [0.15, 0.2) is 0 Å². The van der Waals surface area contributed by atoms with E-state index in [9.17, 15) is 4.79 Å². The smallest absolute Gasteiger partial charge is 0.0456 e. The number of amides is 1. The predicted molar refractivity (Wildman–Crippen MR) is 55.7 cm³/mol. The predicted octanol–water partition coefficient (Wildman–Crippen LogP) is 1.36. The molecule has 1 amide bonds.